The lowest BCUT2D eigenvalue weighted by Crippen LogP contribution is -2.24. The van der Waals surface area contributed by atoms with Gasteiger partial charge in [0.05, 0.1) is 5.69 Å². The number of aryl methyl sites for hydroxylation is 1. The number of nitrogens with one attached hydrogen (secondary N) is 1. The highest BCUT2D eigenvalue weighted by molar-refractivity contribution is 14.0. The van der Waals surface area contributed by atoms with Crippen LogP contribution in [0.4, 0.5) is 18.9 Å². The van der Waals surface area contributed by atoms with Crippen LogP contribution in [0.1, 0.15) is 11.3 Å². The zero-order chi connectivity index (χ0) is 18.7. The second-order valence-corrected chi connectivity index (χ2v) is 5.52. The number of guanidine groups is 1. The zero-order valence-corrected chi connectivity index (χ0v) is 16.5. The number of hydrogen-bond donors (Lipinski definition) is 2. The molecule has 0 unspecified atom stereocenters. The van der Waals surface area contributed by atoms with Crippen LogP contribution in [-0.2, 0) is 6.54 Å². The summed E-state index contributed by atoms with van der Waals surface area (Å²) in [6.45, 7) is 2.06. The third-order valence-corrected chi connectivity index (χ3v) is 3.71. The Kier molecular flexibility index (Phi) is 6.58. The van der Waals surface area contributed by atoms with E-state index in [0.29, 0.717) is 5.76 Å². The molecule has 3 aromatic rings. The molecule has 0 fully saturated rings. The third-order valence-electron chi connectivity index (χ3n) is 3.71. The van der Waals surface area contributed by atoms with Crippen LogP contribution < -0.4 is 15.8 Å². The molecule has 0 aliphatic heterocycles. The lowest BCUT2D eigenvalue weighted by Gasteiger charge is -2.14. The predicted octanol–water partition coefficient (Wildman–Crippen LogP) is 5.18. The molecule has 0 amide bonds. The van der Waals surface area contributed by atoms with Crippen LogP contribution in [-0.4, -0.2) is 12.3 Å². The van der Waals surface area contributed by atoms with Gasteiger partial charge in [0.15, 0.2) is 11.7 Å². The molecule has 5 nitrogen and oxygen atoms in total. The maximum atomic E-state index is 12.5. The SMILES string of the molecule is Cc1c(CN=C(N)Nc2ccccc2OC(F)(F)F)oc2ccccc12.I. The molecule has 0 radical (unpaired) electrons. The van der Waals surface area contributed by atoms with Gasteiger partial charge >= 0.3 is 6.36 Å². The number of ether oxygens (including phenoxy) is 1. The maximum absolute atomic E-state index is 12.5. The first kappa shape index (κ1) is 20.9. The van der Waals surface area contributed by atoms with E-state index >= 15 is 0 Å². The number of nitrogens with zero attached hydrogens (tertiary/aromatic N) is 1. The summed E-state index contributed by atoms with van der Waals surface area (Å²) < 4.78 is 47.0. The van der Waals surface area contributed by atoms with Crippen molar-refractivity contribution in [1.82, 2.24) is 0 Å². The number of halogens is 4. The quantitative estimate of drug-likeness (QED) is 0.300. The van der Waals surface area contributed by atoms with Crippen LogP contribution in [0.2, 0.25) is 0 Å². The Labute approximate surface area is 170 Å². The lowest BCUT2D eigenvalue weighted by atomic mass is 10.1. The second kappa shape index (κ2) is 8.51. The van der Waals surface area contributed by atoms with Gasteiger partial charge in [-0.15, -0.1) is 37.1 Å². The number of aliphatic imine (C=N–C) groups is 1. The van der Waals surface area contributed by atoms with Gasteiger partial charge in [0, 0.05) is 10.9 Å². The largest absolute Gasteiger partial charge is 0.573 e. The summed E-state index contributed by atoms with van der Waals surface area (Å²) >= 11 is 0. The Morgan fingerprint density at radius 2 is 1.81 bits per heavy atom. The van der Waals surface area contributed by atoms with Crippen molar-refractivity contribution in [2.24, 2.45) is 10.7 Å². The van der Waals surface area contributed by atoms with Gasteiger partial charge in [-0.3, -0.25) is 0 Å². The Hall–Kier alpha value is -2.43. The Balaban J connectivity index is 0.00000261. The monoisotopic (exact) mass is 491 g/mol. The number of alkyl halides is 3. The number of benzene rings is 2. The highest BCUT2D eigenvalue weighted by Gasteiger charge is 2.32. The first-order valence-corrected chi connectivity index (χ1v) is 7.72. The topological polar surface area (TPSA) is 72.8 Å². The summed E-state index contributed by atoms with van der Waals surface area (Å²) in [5, 5.41) is 3.60. The van der Waals surface area contributed by atoms with Gasteiger partial charge in [0.2, 0.25) is 0 Å². The number of rotatable bonds is 4. The predicted molar refractivity (Wildman–Crippen MR) is 108 cm³/mol. The summed E-state index contributed by atoms with van der Waals surface area (Å²) in [5.41, 5.74) is 7.54. The number of anilines is 1. The molecule has 9 heteroatoms. The van der Waals surface area contributed by atoms with Crippen LogP contribution in [0.3, 0.4) is 0 Å². The van der Waals surface area contributed by atoms with Crippen molar-refractivity contribution in [2.75, 3.05) is 5.32 Å². The molecule has 144 valence electrons. The molecule has 1 aromatic heterocycles. The van der Waals surface area contributed by atoms with Crippen molar-refractivity contribution < 1.29 is 22.3 Å². The normalized spacial score (nSPS) is 11.9. The summed E-state index contributed by atoms with van der Waals surface area (Å²) in [7, 11) is 0. The Morgan fingerprint density at radius 3 is 2.52 bits per heavy atom. The fourth-order valence-electron chi connectivity index (χ4n) is 2.49. The highest BCUT2D eigenvalue weighted by Crippen LogP contribution is 2.30. The van der Waals surface area contributed by atoms with Crippen molar-refractivity contribution >= 4 is 46.6 Å². The van der Waals surface area contributed by atoms with Gasteiger partial charge in [-0.05, 0) is 25.1 Å². The van der Waals surface area contributed by atoms with Gasteiger partial charge in [-0.2, -0.15) is 0 Å². The molecule has 27 heavy (non-hydrogen) atoms. The van der Waals surface area contributed by atoms with E-state index in [0.717, 1.165) is 16.5 Å². The van der Waals surface area contributed by atoms with Crippen LogP contribution in [0, 0.1) is 6.92 Å². The number of hydrogen-bond acceptors (Lipinski definition) is 3. The van der Waals surface area contributed by atoms with Gasteiger partial charge < -0.3 is 20.2 Å². The Bertz CT molecular complexity index is 954. The molecule has 0 aliphatic rings. The van der Waals surface area contributed by atoms with Crippen molar-refractivity contribution in [3.63, 3.8) is 0 Å². The second-order valence-electron chi connectivity index (χ2n) is 5.52. The minimum absolute atomic E-state index is 0. The van der Waals surface area contributed by atoms with Crippen molar-refractivity contribution in [1.29, 1.82) is 0 Å². The molecular weight excluding hydrogens is 474 g/mol. The molecule has 0 spiro atoms. The first-order valence-electron chi connectivity index (χ1n) is 7.72. The minimum Gasteiger partial charge on any atom is -0.459 e. The first-order chi connectivity index (χ1) is 12.3. The van der Waals surface area contributed by atoms with E-state index in [4.69, 9.17) is 10.2 Å². The Morgan fingerprint density at radius 1 is 1.15 bits per heavy atom. The molecule has 3 rings (SSSR count). The van der Waals surface area contributed by atoms with Crippen molar-refractivity contribution in [3.8, 4) is 5.75 Å². The van der Waals surface area contributed by atoms with Crippen molar-refractivity contribution in [3.05, 3.63) is 59.9 Å². The van der Waals surface area contributed by atoms with Gasteiger partial charge in [-0.1, -0.05) is 30.3 Å². The number of fused-ring (bicyclic) bond motifs is 1. The molecule has 0 saturated carbocycles. The molecule has 2 aromatic carbocycles. The average molecular weight is 491 g/mol. The van der Waals surface area contributed by atoms with E-state index in [1.54, 1.807) is 6.07 Å². The molecular formula is C18H17F3IN3O2. The van der Waals surface area contributed by atoms with Crippen LogP contribution in [0.15, 0.2) is 57.9 Å². The van der Waals surface area contributed by atoms with E-state index in [2.05, 4.69) is 15.0 Å². The summed E-state index contributed by atoms with van der Waals surface area (Å²) in [6.07, 6.45) is -4.80. The molecule has 0 bridgehead atoms. The molecule has 1 heterocycles. The maximum Gasteiger partial charge on any atom is 0.573 e. The van der Waals surface area contributed by atoms with Gasteiger partial charge in [0.25, 0.3) is 0 Å². The van der Waals surface area contributed by atoms with E-state index < -0.39 is 12.1 Å². The summed E-state index contributed by atoms with van der Waals surface area (Å²) in [5.74, 6) is 0.192. The number of furan rings is 1. The summed E-state index contributed by atoms with van der Waals surface area (Å²) in [4.78, 5) is 4.14. The number of nitrogens with two attached hydrogens (primary N) is 1. The van der Waals surface area contributed by atoms with Gasteiger partial charge in [0.1, 0.15) is 17.9 Å². The molecule has 3 N–H and O–H groups in total. The smallest absolute Gasteiger partial charge is 0.459 e. The standard InChI is InChI=1S/C18H16F3N3O2.HI/c1-11-12-6-2-4-8-14(12)25-16(11)10-23-17(22)24-13-7-3-5-9-15(13)26-18(19,20)21;/h2-9H,10H2,1H3,(H3,22,23,24);1H. The fourth-order valence-corrected chi connectivity index (χ4v) is 2.49. The highest BCUT2D eigenvalue weighted by atomic mass is 127. The van der Waals surface area contributed by atoms with E-state index in [-0.39, 0.29) is 42.2 Å². The average Bonchev–Trinajstić information content (AvgIpc) is 2.90. The number of para-hydroxylation sites is 3. The van der Waals surface area contributed by atoms with Crippen LogP contribution in [0.5, 0.6) is 5.75 Å². The van der Waals surface area contributed by atoms with Crippen LogP contribution in [0.25, 0.3) is 11.0 Å². The molecule has 0 saturated heterocycles. The fraction of sp³-hybridized carbons (Fsp3) is 0.167. The van der Waals surface area contributed by atoms with E-state index in [1.165, 1.54) is 18.2 Å². The van der Waals surface area contributed by atoms with Gasteiger partial charge in [-0.25, -0.2) is 4.99 Å². The van der Waals surface area contributed by atoms with Crippen LogP contribution >= 0.6 is 24.0 Å². The minimum atomic E-state index is -4.80. The molecule has 0 aliphatic carbocycles. The molecule has 0 atom stereocenters. The lowest BCUT2D eigenvalue weighted by molar-refractivity contribution is -0.274. The summed E-state index contributed by atoms with van der Waals surface area (Å²) in [6, 6.07) is 13.1. The zero-order valence-electron chi connectivity index (χ0n) is 14.2. The van der Waals surface area contributed by atoms with E-state index in [9.17, 15) is 13.2 Å². The van der Waals surface area contributed by atoms with E-state index in [1.807, 2.05) is 31.2 Å². The van der Waals surface area contributed by atoms with Crippen molar-refractivity contribution in [2.45, 2.75) is 19.8 Å². The third kappa shape index (κ3) is 5.28.